The molecule has 3 heterocycles. The first-order chi connectivity index (χ1) is 11.1. The Balaban J connectivity index is 1.76. The third-order valence-corrected chi connectivity index (χ3v) is 4.19. The number of hydrogen-bond donors (Lipinski definition) is 2. The van der Waals surface area contributed by atoms with Crippen molar-refractivity contribution >= 4 is 17.5 Å². The zero-order valence-corrected chi connectivity index (χ0v) is 13.3. The molecule has 1 saturated heterocycles. The van der Waals surface area contributed by atoms with Gasteiger partial charge in [-0.1, -0.05) is 0 Å². The van der Waals surface area contributed by atoms with Crippen LogP contribution in [0.2, 0.25) is 0 Å². The number of aromatic nitrogens is 2. The minimum absolute atomic E-state index is 0.0125. The van der Waals surface area contributed by atoms with E-state index < -0.39 is 0 Å². The smallest absolute Gasteiger partial charge is 0.257 e. The number of amides is 2. The van der Waals surface area contributed by atoms with E-state index in [0.717, 1.165) is 25.1 Å². The molecule has 0 radical (unpaired) electrons. The average Bonchev–Trinajstić information content (AvgIpc) is 3.15. The van der Waals surface area contributed by atoms with Gasteiger partial charge >= 0.3 is 0 Å². The van der Waals surface area contributed by atoms with Crippen LogP contribution in [0.5, 0.6) is 0 Å². The molecule has 3 rings (SSSR count). The average molecular weight is 316 g/mol. The Kier molecular flexibility index (Phi) is 4.18. The number of nitrogens with one attached hydrogen (secondary N) is 2. The Hall–Kier alpha value is -2.57. The summed E-state index contributed by atoms with van der Waals surface area (Å²) in [6.45, 7) is 4.58. The van der Waals surface area contributed by atoms with Crippen molar-refractivity contribution < 1.29 is 14.0 Å². The lowest BCUT2D eigenvalue weighted by Gasteiger charge is -2.32. The van der Waals surface area contributed by atoms with Crippen LogP contribution in [0.25, 0.3) is 0 Å². The van der Waals surface area contributed by atoms with Crippen LogP contribution in [0.1, 0.15) is 47.5 Å². The fraction of sp³-hybridized carbons (Fsp3) is 0.438. The molecule has 1 aliphatic heterocycles. The molecule has 2 amide bonds. The number of rotatable bonds is 3. The first-order valence-electron chi connectivity index (χ1n) is 7.70. The van der Waals surface area contributed by atoms with Crippen LogP contribution in [0.15, 0.2) is 22.9 Å². The van der Waals surface area contributed by atoms with Crippen molar-refractivity contribution in [3.8, 4) is 0 Å². The Morgan fingerprint density at radius 3 is 3.00 bits per heavy atom. The van der Waals surface area contributed by atoms with Gasteiger partial charge in [-0.3, -0.25) is 14.7 Å². The number of furan rings is 1. The van der Waals surface area contributed by atoms with Gasteiger partial charge in [0.15, 0.2) is 0 Å². The maximum atomic E-state index is 12.6. The van der Waals surface area contributed by atoms with Crippen LogP contribution in [0.3, 0.4) is 0 Å². The predicted molar refractivity (Wildman–Crippen MR) is 84.2 cm³/mol. The molecule has 2 aromatic heterocycles. The van der Waals surface area contributed by atoms with E-state index in [4.69, 9.17) is 4.42 Å². The third-order valence-electron chi connectivity index (χ3n) is 4.19. The molecule has 1 atom stereocenters. The lowest BCUT2D eigenvalue weighted by atomic mass is 9.93. The second-order valence-electron chi connectivity index (χ2n) is 5.86. The minimum atomic E-state index is -0.134. The summed E-state index contributed by atoms with van der Waals surface area (Å²) in [6, 6.07) is 1.71. The Bertz CT molecular complexity index is 718. The second kappa shape index (κ2) is 6.28. The number of carbonyl (C=O) groups is 2. The highest BCUT2D eigenvalue weighted by atomic mass is 16.3. The molecule has 1 aliphatic rings. The molecule has 1 unspecified atom stereocenters. The van der Waals surface area contributed by atoms with Gasteiger partial charge in [0.25, 0.3) is 5.91 Å². The number of aromatic amines is 1. The van der Waals surface area contributed by atoms with Gasteiger partial charge in [0.1, 0.15) is 5.76 Å². The first kappa shape index (κ1) is 15.3. The van der Waals surface area contributed by atoms with Crippen LogP contribution in [-0.2, 0) is 4.79 Å². The van der Waals surface area contributed by atoms with E-state index in [1.807, 2.05) is 4.90 Å². The fourth-order valence-corrected chi connectivity index (χ4v) is 3.07. The van der Waals surface area contributed by atoms with E-state index in [9.17, 15) is 9.59 Å². The lowest BCUT2D eigenvalue weighted by Crippen LogP contribution is -2.39. The van der Waals surface area contributed by atoms with Crippen LogP contribution in [0, 0.1) is 6.92 Å². The maximum Gasteiger partial charge on any atom is 0.257 e. The third kappa shape index (κ3) is 3.13. The normalized spacial score (nSPS) is 18.0. The summed E-state index contributed by atoms with van der Waals surface area (Å²) in [5.41, 5.74) is 2.18. The monoisotopic (exact) mass is 316 g/mol. The number of H-pyrrole nitrogens is 1. The van der Waals surface area contributed by atoms with E-state index in [-0.39, 0.29) is 17.7 Å². The number of hydrogen-bond acceptors (Lipinski definition) is 4. The van der Waals surface area contributed by atoms with E-state index in [1.165, 1.54) is 13.2 Å². The van der Waals surface area contributed by atoms with Crippen molar-refractivity contribution in [1.29, 1.82) is 0 Å². The highest BCUT2D eigenvalue weighted by molar-refractivity contribution is 5.95. The van der Waals surface area contributed by atoms with E-state index in [1.54, 1.807) is 19.2 Å². The molecule has 0 saturated carbocycles. The maximum absolute atomic E-state index is 12.6. The minimum Gasteiger partial charge on any atom is -0.469 e. The molecule has 7 nitrogen and oxygen atoms in total. The summed E-state index contributed by atoms with van der Waals surface area (Å²) >= 11 is 0. The summed E-state index contributed by atoms with van der Waals surface area (Å²) < 4.78 is 5.23. The number of likely N-dealkylation sites (tertiary alicyclic amines) is 1. The number of carbonyl (C=O) groups excluding carboxylic acids is 2. The summed E-state index contributed by atoms with van der Waals surface area (Å²) in [6.07, 6.45) is 5.00. The van der Waals surface area contributed by atoms with Crippen LogP contribution in [0.4, 0.5) is 5.69 Å². The molecule has 23 heavy (non-hydrogen) atoms. The Morgan fingerprint density at radius 1 is 1.48 bits per heavy atom. The van der Waals surface area contributed by atoms with E-state index in [0.29, 0.717) is 23.6 Å². The van der Waals surface area contributed by atoms with Crippen LogP contribution >= 0.6 is 0 Å². The molecule has 7 heteroatoms. The van der Waals surface area contributed by atoms with Crippen LogP contribution < -0.4 is 5.32 Å². The quantitative estimate of drug-likeness (QED) is 0.909. The van der Waals surface area contributed by atoms with Gasteiger partial charge in [-0.15, -0.1) is 0 Å². The predicted octanol–water partition coefficient (Wildman–Crippen LogP) is 2.29. The van der Waals surface area contributed by atoms with Crippen molar-refractivity contribution in [2.75, 3.05) is 18.4 Å². The molecular weight excluding hydrogens is 296 g/mol. The first-order valence-corrected chi connectivity index (χ1v) is 7.70. The number of nitrogens with zero attached hydrogens (tertiary/aromatic N) is 2. The van der Waals surface area contributed by atoms with Crippen molar-refractivity contribution in [2.24, 2.45) is 0 Å². The van der Waals surface area contributed by atoms with Crippen molar-refractivity contribution in [1.82, 2.24) is 15.1 Å². The van der Waals surface area contributed by atoms with Gasteiger partial charge in [-0.05, 0) is 25.8 Å². The standard InChI is InChI=1S/C16H20N4O3/c1-10-13(5-7-23-10)16(22)20-6-3-4-12(9-20)15-14(8-17-19-15)18-11(2)21/h5,7-8,12H,3-4,6,9H2,1-2H3,(H,17,19)(H,18,21). The summed E-state index contributed by atoms with van der Waals surface area (Å²) in [5.74, 6) is 0.619. The number of piperidine rings is 1. The largest absolute Gasteiger partial charge is 0.469 e. The van der Waals surface area contributed by atoms with Gasteiger partial charge in [0.2, 0.25) is 5.91 Å². The molecule has 0 spiro atoms. The van der Waals surface area contributed by atoms with Crippen LogP contribution in [-0.4, -0.2) is 40.0 Å². The topological polar surface area (TPSA) is 91.2 Å². The molecule has 0 bridgehead atoms. The molecular formula is C16H20N4O3. The SMILES string of the molecule is CC(=O)Nc1cn[nH]c1C1CCCN(C(=O)c2ccoc2C)C1. The molecule has 0 aromatic carbocycles. The summed E-state index contributed by atoms with van der Waals surface area (Å²) in [7, 11) is 0. The summed E-state index contributed by atoms with van der Waals surface area (Å²) in [4.78, 5) is 25.8. The van der Waals surface area contributed by atoms with E-state index >= 15 is 0 Å². The van der Waals surface area contributed by atoms with Crippen molar-refractivity contribution in [3.63, 3.8) is 0 Å². The van der Waals surface area contributed by atoms with Gasteiger partial charge < -0.3 is 14.6 Å². The van der Waals surface area contributed by atoms with Gasteiger partial charge in [0, 0.05) is 25.9 Å². The highest BCUT2D eigenvalue weighted by Crippen LogP contribution is 2.31. The van der Waals surface area contributed by atoms with E-state index in [2.05, 4.69) is 15.5 Å². The zero-order chi connectivity index (χ0) is 16.4. The fourth-order valence-electron chi connectivity index (χ4n) is 3.07. The number of aryl methyl sites for hydroxylation is 1. The molecule has 2 aromatic rings. The van der Waals surface area contributed by atoms with Gasteiger partial charge in [-0.25, -0.2) is 0 Å². The lowest BCUT2D eigenvalue weighted by molar-refractivity contribution is -0.114. The van der Waals surface area contributed by atoms with Gasteiger partial charge in [0.05, 0.1) is 29.4 Å². The molecule has 0 aliphatic carbocycles. The Morgan fingerprint density at radius 2 is 2.30 bits per heavy atom. The van der Waals surface area contributed by atoms with Gasteiger partial charge in [-0.2, -0.15) is 5.10 Å². The molecule has 2 N–H and O–H groups in total. The Labute approximate surface area is 134 Å². The van der Waals surface area contributed by atoms with Crippen molar-refractivity contribution in [2.45, 2.75) is 32.6 Å². The highest BCUT2D eigenvalue weighted by Gasteiger charge is 2.29. The molecule has 122 valence electrons. The zero-order valence-electron chi connectivity index (χ0n) is 13.3. The second-order valence-corrected chi connectivity index (χ2v) is 5.86. The van der Waals surface area contributed by atoms with Crippen molar-refractivity contribution in [3.05, 3.63) is 35.5 Å². The summed E-state index contributed by atoms with van der Waals surface area (Å²) in [5, 5.41) is 9.77. The molecule has 1 fully saturated rings. The number of anilines is 1.